The topological polar surface area (TPSA) is 89.3 Å². The Hall–Kier alpha value is -0.610. The van der Waals surface area contributed by atoms with Gasteiger partial charge in [0.15, 0.2) is 0 Å². The predicted molar refractivity (Wildman–Crippen MR) is 93.9 cm³/mol. The molecule has 0 bridgehead atoms. The van der Waals surface area contributed by atoms with Gasteiger partial charge in [0.25, 0.3) is 0 Å². The minimum Gasteiger partial charge on any atom is -0.480 e. The zero-order valence-corrected chi connectivity index (χ0v) is 14.6. The second kappa shape index (κ2) is 14.0. The highest BCUT2D eigenvalue weighted by atomic mass is 16.4. The normalized spacial score (nSPS) is 14.0. The summed E-state index contributed by atoms with van der Waals surface area (Å²) in [7, 11) is 0. The Balaban J connectivity index is 3.62. The monoisotopic (exact) mass is 314 g/mol. The Labute approximate surface area is 137 Å². The molecular weight excluding hydrogens is 276 g/mol. The molecule has 0 fully saturated rings. The molecule has 22 heavy (non-hydrogen) atoms. The van der Waals surface area contributed by atoms with Crippen LogP contribution in [0.1, 0.15) is 96.8 Å². The standard InChI is InChI=1S/C18H38N2O2/c1-2-3-4-5-6-7-8-9-10-11-14-18(20,17(21)22)15-12-13-16-19/h2-16,19-20H2,1H3,(H,21,22). The first-order chi connectivity index (χ1) is 10.6. The minimum absolute atomic E-state index is 0.539. The summed E-state index contributed by atoms with van der Waals surface area (Å²) in [5.74, 6) is -0.861. The lowest BCUT2D eigenvalue weighted by molar-refractivity contribution is -0.144. The maximum absolute atomic E-state index is 11.4. The smallest absolute Gasteiger partial charge is 0.323 e. The van der Waals surface area contributed by atoms with E-state index >= 15 is 0 Å². The fourth-order valence-electron chi connectivity index (χ4n) is 2.85. The summed E-state index contributed by atoms with van der Waals surface area (Å²) in [5.41, 5.74) is 10.5. The molecule has 0 aliphatic carbocycles. The lowest BCUT2D eigenvalue weighted by Gasteiger charge is -2.24. The second-order valence-corrected chi connectivity index (χ2v) is 6.64. The Bertz CT molecular complexity index is 272. The second-order valence-electron chi connectivity index (χ2n) is 6.64. The average molecular weight is 315 g/mol. The van der Waals surface area contributed by atoms with Gasteiger partial charge in [-0.15, -0.1) is 0 Å². The summed E-state index contributed by atoms with van der Waals surface area (Å²) < 4.78 is 0. The summed E-state index contributed by atoms with van der Waals surface area (Å²) in [6.07, 6.45) is 15.3. The van der Waals surface area contributed by atoms with E-state index in [4.69, 9.17) is 11.5 Å². The van der Waals surface area contributed by atoms with Crippen molar-refractivity contribution in [2.24, 2.45) is 11.5 Å². The van der Waals surface area contributed by atoms with E-state index in [2.05, 4.69) is 6.92 Å². The molecule has 0 amide bonds. The van der Waals surface area contributed by atoms with E-state index in [-0.39, 0.29) is 0 Å². The van der Waals surface area contributed by atoms with Gasteiger partial charge in [0, 0.05) is 0 Å². The number of aliphatic carboxylic acids is 1. The molecule has 0 aliphatic heterocycles. The van der Waals surface area contributed by atoms with E-state index < -0.39 is 11.5 Å². The molecule has 0 aromatic heterocycles. The Morgan fingerprint density at radius 3 is 1.64 bits per heavy atom. The molecule has 0 saturated heterocycles. The zero-order valence-electron chi connectivity index (χ0n) is 14.6. The first kappa shape index (κ1) is 21.4. The number of carboxylic acid groups (broad SMARTS) is 1. The summed E-state index contributed by atoms with van der Waals surface area (Å²) in [5, 5.41) is 9.32. The molecule has 0 heterocycles. The van der Waals surface area contributed by atoms with E-state index in [0.29, 0.717) is 19.4 Å². The summed E-state index contributed by atoms with van der Waals surface area (Å²) >= 11 is 0. The van der Waals surface area contributed by atoms with Crippen molar-refractivity contribution in [2.75, 3.05) is 6.54 Å². The fraction of sp³-hybridized carbons (Fsp3) is 0.944. The van der Waals surface area contributed by atoms with E-state index in [0.717, 1.165) is 25.7 Å². The number of nitrogens with two attached hydrogens (primary N) is 2. The predicted octanol–water partition coefficient (Wildman–Crippen LogP) is 4.21. The summed E-state index contributed by atoms with van der Waals surface area (Å²) in [6, 6.07) is 0. The highest BCUT2D eigenvalue weighted by molar-refractivity contribution is 5.78. The van der Waals surface area contributed by atoms with Crippen LogP contribution in [0.5, 0.6) is 0 Å². The maximum Gasteiger partial charge on any atom is 0.323 e. The Kier molecular flexibility index (Phi) is 13.6. The largest absolute Gasteiger partial charge is 0.480 e. The van der Waals surface area contributed by atoms with Crippen molar-refractivity contribution >= 4 is 5.97 Å². The Morgan fingerprint density at radius 2 is 1.23 bits per heavy atom. The molecule has 1 unspecified atom stereocenters. The van der Waals surface area contributed by atoms with Gasteiger partial charge in [-0.3, -0.25) is 4.79 Å². The molecule has 0 spiro atoms. The van der Waals surface area contributed by atoms with Crippen LogP contribution < -0.4 is 11.5 Å². The number of hydrogen-bond acceptors (Lipinski definition) is 3. The molecule has 5 N–H and O–H groups in total. The van der Waals surface area contributed by atoms with Gasteiger partial charge in [-0.2, -0.15) is 0 Å². The lowest BCUT2D eigenvalue weighted by atomic mass is 9.87. The van der Waals surface area contributed by atoms with Gasteiger partial charge in [-0.05, 0) is 32.2 Å². The van der Waals surface area contributed by atoms with Crippen molar-refractivity contribution in [1.82, 2.24) is 0 Å². The molecule has 0 aromatic rings. The van der Waals surface area contributed by atoms with Gasteiger partial charge in [-0.1, -0.05) is 71.1 Å². The molecule has 0 aliphatic rings. The van der Waals surface area contributed by atoms with Gasteiger partial charge < -0.3 is 16.6 Å². The molecule has 1 atom stereocenters. The SMILES string of the molecule is CCCCCCCCCCCCC(N)(CCCCN)C(=O)O. The van der Waals surface area contributed by atoms with E-state index in [1.165, 1.54) is 51.4 Å². The number of carbonyl (C=O) groups is 1. The van der Waals surface area contributed by atoms with Crippen LogP contribution in [0.4, 0.5) is 0 Å². The van der Waals surface area contributed by atoms with Crippen molar-refractivity contribution in [3.8, 4) is 0 Å². The highest BCUT2D eigenvalue weighted by Gasteiger charge is 2.32. The first-order valence-corrected chi connectivity index (χ1v) is 9.29. The van der Waals surface area contributed by atoms with Gasteiger partial charge in [0.05, 0.1) is 0 Å². The maximum atomic E-state index is 11.4. The third-order valence-corrected chi connectivity index (χ3v) is 4.48. The van der Waals surface area contributed by atoms with E-state index in [9.17, 15) is 9.90 Å². The van der Waals surface area contributed by atoms with Crippen molar-refractivity contribution in [1.29, 1.82) is 0 Å². The zero-order chi connectivity index (χ0) is 16.7. The van der Waals surface area contributed by atoms with Crippen LogP contribution in [0.3, 0.4) is 0 Å². The van der Waals surface area contributed by atoms with E-state index in [1.54, 1.807) is 0 Å². The number of unbranched alkanes of at least 4 members (excludes halogenated alkanes) is 10. The van der Waals surface area contributed by atoms with Gasteiger partial charge in [0.1, 0.15) is 5.54 Å². The molecular formula is C18H38N2O2. The fourth-order valence-corrected chi connectivity index (χ4v) is 2.85. The summed E-state index contributed by atoms with van der Waals surface area (Å²) in [6.45, 7) is 2.85. The molecule has 132 valence electrons. The van der Waals surface area contributed by atoms with Crippen LogP contribution in [0, 0.1) is 0 Å². The average Bonchev–Trinajstić information content (AvgIpc) is 2.49. The van der Waals surface area contributed by atoms with Crippen LogP contribution in [0.25, 0.3) is 0 Å². The van der Waals surface area contributed by atoms with Gasteiger partial charge in [0.2, 0.25) is 0 Å². The van der Waals surface area contributed by atoms with Crippen LogP contribution in [0.2, 0.25) is 0 Å². The van der Waals surface area contributed by atoms with Crippen LogP contribution in [-0.4, -0.2) is 23.2 Å². The van der Waals surface area contributed by atoms with Crippen molar-refractivity contribution in [3.05, 3.63) is 0 Å². The molecule has 4 heteroatoms. The third-order valence-electron chi connectivity index (χ3n) is 4.48. The Morgan fingerprint density at radius 1 is 0.818 bits per heavy atom. The highest BCUT2D eigenvalue weighted by Crippen LogP contribution is 2.20. The van der Waals surface area contributed by atoms with Crippen LogP contribution in [-0.2, 0) is 4.79 Å². The van der Waals surface area contributed by atoms with Crippen LogP contribution in [0.15, 0.2) is 0 Å². The number of carboxylic acids is 1. The minimum atomic E-state index is -1.05. The first-order valence-electron chi connectivity index (χ1n) is 9.29. The number of rotatable bonds is 16. The molecule has 0 rings (SSSR count). The lowest BCUT2D eigenvalue weighted by Crippen LogP contribution is -2.47. The molecule has 0 radical (unpaired) electrons. The molecule has 4 nitrogen and oxygen atoms in total. The van der Waals surface area contributed by atoms with Gasteiger partial charge >= 0.3 is 5.97 Å². The van der Waals surface area contributed by atoms with E-state index in [1.807, 2.05) is 0 Å². The van der Waals surface area contributed by atoms with Crippen molar-refractivity contribution in [2.45, 2.75) is 102 Å². The quantitative estimate of drug-likeness (QED) is 0.372. The third kappa shape index (κ3) is 11.0. The van der Waals surface area contributed by atoms with Crippen molar-refractivity contribution < 1.29 is 9.90 Å². The summed E-state index contributed by atoms with van der Waals surface area (Å²) in [4.78, 5) is 11.4. The number of hydrogen-bond donors (Lipinski definition) is 3. The van der Waals surface area contributed by atoms with Crippen LogP contribution >= 0.6 is 0 Å². The molecule has 0 aromatic carbocycles. The van der Waals surface area contributed by atoms with Crippen molar-refractivity contribution in [3.63, 3.8) is 0 Å². The molecule has 0 saturated carbocycles. The van der Waals surface area contributed by atoms with Gasteiger partial charge in [-0.25, -0.2) is 0 Å².